The predicted molar refractivity (Wildman–Crippen MR) is 89.8 cm³/mol. The minimum atomic E-state index is -3.83. The van der Waals surface area contributed by atoms with Crippen LogP contribution in [0.5, 0.6) is 0 Å². The average molecular weight is 344 g/mol. The molecule has 0 aliphatic heterocycles. The normalized spacial score (nSPS) is 12.8. The van der Waals surface area contributed by atoms with Gasteiger partial charge in [-0.2, -0.15) is 0 Å². The van der Waals surface area contributed by atoms with Gasteiger partial charge in [0, 0.05) is 5.56 Å². The van der Waals surface area contributed by atoms with Crippen LogP contribution in [0.2, 0.25) is 0 Å². The maximum Gasteiger partial charge on any atom is 0.262 e. The Morgan fingerprint density at radius 2 is 1.62 bits per heavy atom. The van der Waals surface area contributed by atoms with Gasteiger partial charge in [-0.25, -0.2) is 8.42 Å². The molecule has 0 radical (unpaired) electrons. The Morgan fingerprint density at radius 1 is 1.04 bits per heavy atom. The number of anilines is 1. The van der Waals surface area contributed by atoms with Gasteiger partial charge in [0.05, 0.1) is 4.90 Å². The molecule has 24 heavy (non-hydrogen) atoms. The van der Waals surface area contributed by atoms with Gasteiger partial charge in [0.25, 0.3) is 10.0 Å². The third kappa shape index (κ3) is 3.17. The number of aromatic nitrogens is 1. The SMILES string of the molecule is CC(O)c1onc(-c2ccccc2)c1NS(=O)(=O)c1ccccc1. The number of hydrogen-bond acceptors (Lipinski definition) is 5. The maximum absolute atomic E-state index is 12.6. The van der Waals surface area contributed by atoms with Crippen LogP contribution < -0.4 is 4.72 Å². The summed E-state index contributed by atoms with van der Waals surface area (Å²) in [6, 6.07) is 17.0. The quantitative estimate of drug-likeness (QED) is 0.741. The lowest BCUT2D eigenvalue weighted by molar-refractivity contribution is 0.159. The van der Waals surface area contributed by atoms with E-state index in [-0.39, 0.29) is 16.3 Å². The van der Waals surface area contributed by atoms with Gasteiger partial charge in [0.1, 0.15) is 17.5 Å². The number of rotatable bonds is 5. The van der Waals surface area contributed by atoms with Crippen molar-refractivity contribution in [2.45, 2.75) is 17.9 Å². The Kier molecular flexibility index (Phi) is 4.37. The molecule has 0 aliphatic rings. The van der Waals surface area contributed by atoms with Crippen LogP contribution in [0, 0.1) is 0 Å². The van der Waals surface area contributed by atoms with Gasteiger partial charge in [-0.05, 0) is 19.1 Å². The summed E-state index contributed by atoms with van der Waals surface area (Å²) in [5, 5.41) is 13.8. The number of aliphatic hydroxyl groups is 1. The largest absolute Gasteiger partial charge is 0.385 e. The second-order valence-electron chi connectivity index (χ2n) is 5.23. The first-order valence-corrected chi connectivity index (χ1v) is 8.78. The monoisotopic (exact) mass is 344 g/mol. The first-order valence-electron chi connectivity index (χ1n) is 7.30. The molecule has 2 N–H and O–H groups in total. The second kappa shape index (κ2) is 6.46. The fourth-order valence-electron chi connectivity index (χ4n) is 2.27. The molecule has 0 saturated heterocycles. The van der Waals surface area contributed by atoms with Crippen LogP contribution in [0.15, 0.2) is 70.1 Å². The Balaban J connectivity index is 2.08. The van der Waals surface area contributed by atoms with Crippen molar-refractivity contribution in [2.75, 3.05) is 4.72 Å². The molecule has 2 aromatic carbocycles. The Morgan fingerprint density at radius 3 is 2.21 bits per heavy atom. The van der Waals surface area contributed by atoms with E-state index in [0.717, 1.165) is 0 Å². The summed E-state index contributed by atoms with van der Waals surface area (Å²) in [6.45, 7) is 1.48. The Bertz CT molecular complexity index is 920. The molecule has 0 amide bonds. The predicted octanol–water partition coefficient (Wildman–Crippen LogP) is 3.20. The minimum absolute atomic E-state index is 0.0633. The molecule has 1 atom stereocenters. The molecule has 0 aliphatic carbocycles. The summed E-state index contributed by atoms with van der Waals surface area (Å²) >= 11 is 0. The Hall–Kier alpha value is -2.64. The molecule has 124 valence electrons. The smallest absolute Gasteiger partial charge is 0.262 e. The number of benzene rings is 2. The summed E-state index contributed by atoms with van der Waals surface area (Å²) in [7, 11) is -3.83. The number of sulfonamides is 1. The molecule has 1 heterocycles. The van der Waals surface area contributed by atoms with Crippen molar-refractivity contribution in [1.82, 2.24) is 5.16 Å². The van der Waals surface area contributed by atoms with Crippen LogP contribution in [0.1, 0.15) is 18.8 Å². The Labute approximate surface area is 139 Å². The average Bonchev–Trinajstić information content (AvgIpc) is 2.99. The van der Waals surface area contributed by atoms with Crippen molar-refractivity contribution in [3.05, 3.63) is 66.4 Å². The summed E-state index contributed by atoms with van der Waals surface area (Å²) in [5.41, 5.74) is 1.14. The third-order valence-electron chi connectivity index (χ3n) is 3.44. The fourth-order valence-corrected chi connectivity index (χ4v) is 3.37. The van der Waals surface area contributed by atoms with Crippen molar-refractivity contribution in [3.8, 4) is 11.3 Å². The van der Waals surface area contributed by atoms with Gasteiger partial charge in [0.15, 0.2) is 5.76 Å². The van der Waals surface area contributed by atoms with E-state index in [1.54, 1.807) is 30.3 Å². The van der Waals surface area contributed by atoms with Gasteiger partial charge in [-0.3, -0.25) is 4.72 Å². The van der Waals surface area contributed by atoms with Crippen LogP contribution in [0.25, 0.3) is 11.3 Å². The zero-order chi connectivity index (χ0) is 17.2. The van der Waals surface area contributed by atoms with Crippen LogP contribution in [0.3, 0.4) is 0 Å². The molecular weight excluding hydrogens is 328 g/mol. The molecule has 0 bridgehead atoms. The highest BCUT2D eigenvalue weighted by Gasteiger charge is 2.25. The molecule has 1 aromatic heterocycles. The van der Waals surface area contributed by atoms with Crippen molar-refractivity contribution < 1.29 is 18.0 Å². The fraction of sp³-hybridized carbons (Fsp3) is 0.118. The lowest BCUT2D eigenvalue weighted by Crippen LogP contribution is -2.14. The van der Waals surface area contributed by atoms with Crippen LogP contribution >= 0.6 is 0 Å². The maximum atomic E-state index is 12.6. The molecule has 6 nitrogen and oxygen atoms in total. The zero-order valence-electron chi connectivity index (χ0n) is 12.9. The highest BCUT2D eigenvalue weighted by atomic mass is 32.2. The topological polar surface area (TPSA) is 92.4 Å². The summed E-state index contributed by atoms with van der Waals surface area (Å²) in [6.07, 6.45) is -1.01. The number of aliphatic hydroxyl groups excluding tert-OH is 1. The molecule has 3 aromatic rings. The van der Waals surface area contributed by atoms with Crippen LogP contribution in [-0.4, -0.2) is 18.7 Å². The molecular formula is C17H16N2O4S. The van der Waals surface area contributed by atoms with E-state index in [1.165, 1.54) is 19.1 Å². The standard InChI is InChI=1S/C17H16N2O4S/c1-12(20)17-16(15(18-23-17)13-8-4-2-5-9-13)19-24(21,22)14-10-6-3-7-11-14/h2-12,19-20H,1H3. The van der Waals surface area contributed by atoms with E-state index < -0.39 is 16.1 Å². The molecule has 7 heteroatoms. The summed E-state index contributed by atoms with van der Waals surface area (Å²) in [4.78, 5) is 0.113. The summed E-state index contributed by atoms with van der Waals surface area (Å²) < 4.78 is 32.8. The van der Waals surface area contributed by atoms with E-state index in [9.17, 15) is 13.5 Å². The van der Waals surface area contributed by atoms with E-state index in [4.69, 9.17) is 4.52 Å². The van der Waals surface area contributed by atoms with Gasteiger partial charge in [-0.1, -0.05) is 53.7 Å². The second-order valence-corrected chi connectivity index (χ2v) is 6.91. The highest BCUT2D eigenvalue weighted by molar-refractivity contribution is 7.92. The van der Waals surface area contributed by atoms with Crippen LogP contribution in [-0.2, 0) is 10.0 Å². The molecule has 0 fully saturated rings. The van der Waals surface area contributed by atoms with Gasteiger partial charge >= 0.3 is 0 Å². The van der Waals surface area contributed by atoms with Gasteiger partial charge < -0.3 is 9.63 Å². The molecule has 0 saturated carbocycles. The number of nitrogens with zero attached hydrogens (tertiary/aromatic N) is 1. The lowest BCUT2D eigenvalue weighted by atomic mass is 10.1. The third-order valence-corrected chi connectivity index (χ3v) is 4.80. The first kappa shape index (κ1) is 16.2. The zero-order valence-corrected chi connectivity index (χ0v) is 13.7. The van der Waals surface area contributed by atoms with Crippen molar-refractivity contribution in [3.63, 3.8) is 0 Å². The van der Waals surface area contributed by atoms with E-state index >= 15 is 0 Å². The van der Waals surface area contributed by atoms with E-state index in [2.05, 4.69) is 9.88 Å². The molecule has 3 rings (SSSR count). The molecule has 0 spiro atoms. The number of nitrogens with one attached hydrogen (secondary N) is 1. The van der Waals surface area contributed by atoms with Crippen molar-refractivity contribution >= 4 is 15.7 Å². The van der Waals surface area contributed by atoms with Crippen LogP contribution in [0.4, 0.5) is 5.69 Å². The highest BCUT2D eigenvalue weighted by Crippen LogP contribution is 2.35. The number of hydrogen-bond donors (Lipinski definition) is 2. The first-order chi connectivity index (χ1) is 11.5. The summed E-state index contributed by atoms with van der Waals surface area (Å²) in [5.74, 6) is 0.0633. The molecule has 1 unspecified atom stereocenters. The lowest BCUT2D eigenvalue weighted by Gasteiger charge is -2.10. The van der Waals surface area contributed by atoms with E-state index in [0.29, 0.717) is 11.3 Å². The van der Waals surface area contributed by atoms with Crippen molar-refractivity contribution in [1.29, 1.82) is 0 Å². The van der Waals surface area contributed by atoms with Gasteiger partial charge in [-0.15, -0.1) is 0 Å². The van der Waals surface area contributed by atoms with E-state index in [1.807, 2.05) is 18.2 Å². The minimum Gasteiger partial charge on any atom is -0.385 e. The van der Waals surface area contributed by atoms with Crippen molar-refractivity contribution in [2.24, 2.45) is 0 Å². The van der Waals surface area contributed by atoms with Gasteiger partial charge in [0.2, 0.25) is 0 Å².